The van der Waals surface area contributed by atoms with Crippen LogP contribution < -0.4 is 0 Å². The van der Waals surface area contributed by atoms with Crippen molar-refractivity contribution in [2.75, 3.05) is 26.2 Å². The smallest absolute Gasteiger partial charge is 0.237 e. The maximum atomic E-state index is 12.0. The largest absolute Gasteiger partial charge is 0.341 e. The Bertz CT molecular complexity index is 665. The summed E-state index contributed by atoms with van der Waals surface area (Å²) in [5.41, 5.74) is 1.29. The highest BCUT2D eigenvalue weighted by Crippen LogP contribution is 2.25. The molecule has 2 aliphatic rings. The maximum Gasteiger partial charge on any atom is 0.237 e. The molecule has 0 bridgehead atoms. The summed E-state index contributed by atoms with van der Waals surface area (Å²) < 4.78 is 22.8. The van der Waals surface area contributed by atoms with Gasteiger partial charge in [0.15, 0.2) is 0 Å². The van der Waals surface area contributed by atoms with E-state index >= 15 is 0 Å². The molecule has 2 saturated heterocycles. The van der Waals surface area contributed by atoms with Gasteiger partial charge in [0.25, 0.3) is 0 Å². The lowest BCUT2D eigenvalue weighted by atomic mass is 10.1. The normalized spacial score (nSPS) is 26.1. The first-order valence-electron chi connectivity index (χ1n) is 7.89. The lowest BCUT2D eigenvalue weighted by molar-refractivity contribution is -0.128. The van der Waals surface area contributed by atoms with Crippen molar-refractivity contribution in [3.05, 3.63) is 35.9 Å². The summed E-state index contributed by atoms with van der Waals surface area (Å²) in [6.07, 6.45) is 1.06. The highest BCUT2D eigenvalue weighted by molar-refractivity contribution is 8.14. The van der Waals surface area contributed by atoms with Crippen LogP contribution in [0.5, 0.6) is 0 Å². The van der Waals surface area contributed by atoms with Gasteiger partial charge in [-0.05, 0) is 24.4 Å². The minimum absolute atomic E-state index is 0.0201. The second kappa shape index (κ2) is 6.79. The van der Waals surface area contributed by atoms with Gasteiger partial charge >= 0.3 is 0 Å². The molecule has 0 N–H and O–H groups in total. The van der Waals surface area contributed by atoms with Crippen LogP contribution >= 0.6 is 10.7 Å². The summed E-state index contributed by atoms with van der Waals surface area (Å²) in [5, 5.41) is -0.751. The van der Waals surface area contributed by atoms with Crippen molar-refractivity contribution in [3.8, 4) is 0 Å². The highest BCUT2D eigenvalue weighted by Gasteiger charge is 2.38. The van der Waals surface area contributed by atoms with E-state index in [1.807, 2.05) is 18.2 Å². The summed E-state index contributed by atoms with van der Waals surface area (Å²) in [6.45, 7) is 3.74. The molecule has 0 saturated carbocycles. The number of likely N-dealkylation sites (tertiary alicyclic amines) is 2. The first kappa shape index (κ1) is 16.7. The Labute approximate surface area is 141 Å². The maximum absolute atomic E-state index is 12.0. The molecule has 0 spiro atoms. The molecule has 3 rings (SSSR count). The summed E-state index contributed by atoms with van der Waals surface area (Å²) in [4.78, 5) is 16.0. The topological polar surface area (TPSA) is 57.7 Å². The van der Waals surface area contributed by atoms with Crippen molar-refractivity contribution in [1.82, 2.24) is 9.80 Å². The van der Waals surface area contributed by atoms with Crippen molar-refractivity contribution in [1.29, 1.82) is 0 Å². The van der Waals surface area contributed by atoms with Crippen LogP contribution in [0.2, 0.25) is 0 Å². The van der Waals surface area contributed by atoms with Gasteiger partial charge in [-0.3, -0.25) is 9.69 Å². The molecule has 1 aromatic carbocycles. The van der Waals surface area contributed by atoms with E-state index in [2.05, 4.69) is 17.0 Å². The van der Waals surface area contributed by atoms with Crippen LogP contribution in [0, 0.1) is 5.92 Å². The van der Waals surface area contributed by atoms with Crippen molar-refractivity contribution < 1.29 is 13.2 Å². The van der Waals surface area contributed by atoms with Crippen LogP contribution in [0.15, 0.2) is 30.3 Å². The Morgan fingerprint density at radius 1 is 1.17 bits per heavy atom. The quantitative estimate of drug-likeness (QED) is 0.753. The fourth-order valence-electron chi connectivity index (χ4n) is 3.46. The fraction of sp³-hybridized carbons (Fsp3) is 0.562. The van der Waals surface area contributed by atoms with E-state index in [0.717, 1.165) is 26.1 Å². The molecule has 126 valence electrons. The Balaban J connectivity index is 1.51. The van der Waals surface area contributed by atoms with E-state index in [9.17, 15) is 13.2 Å². The molecule has 2 heterocycles. The van der Waals surface area contributed by atoms with Crippen molar-refractivity contribution in [2.24, 2.45) is 5.92 Å². The number of hydrogen-bond donors (Lipinski definition) is 0. The van der Waals surface area contributed by atoms with Crippen molar-refractivity contribution >= 4 is 25.6 Å². The average molecular weight is 357 g/mol. The number of benzene rings is 1. The Morgan fingerprint density at radius 2 is 1.91 bits per heavy atom. The van der Waals surface area contributed by atoms with Crippen molar-refractivity contribution in [3.63, 3.8) is 0 Å². The molecule has 2 unspecified atom stereocenters. The van der Waals surface area contributed by atoms with Gasteiger partial charge in [0.2, 0.25) is 15.0 Å². The van der Waals surface area contributed by atoms with E-state index < -0.39 is 14.3 Å². The van der Waals surface area contributed by atoms with E-state index in [4.69, 9.17) is 10.7 Å². The van der Waals surface area contributed by atoms with Gasteiger partial charge in [-0.1, -0.05) is 30.3 Å². The predicted molar refractivity (Wildman–Crippen MR) is 89.6 cm³/mol. The molecule has 5 nitrogen and oxygen atoms in total. The molecule has 2 aliphatic heterocycles. The van der Waals surface area contributed by atoms with Gasteiger partial charge in [-0.25, -0.2) is 8.42 Å². The third-order valence-corrected chi connectivity index (χ3v) is 6.54. The standard InChI is InChI=1S/C16H21ClN2O3S/c17-23(21,22)15-8-16(20)19(12-15)11-14-6-7-18(10-14)9-13-4-2-1-3-5-13/h1-5,14-15H,6-12H2. The average Bonchev–Trinajstić information content (AvgIpc) is 3.08. The number of halogens is 1. The first-order valence-corrected chi connectivity index (χ1v) is 10.3. The van der Waals surface area contributed by atoms with Crippen molar-refractivity contribution in [2.45, 2.75) is 24.6 Å². The third kappa shape index (κ3) is 4.25. The fourth-order valence-corrected chi connectivity index (χ4v) is 4.52. The molecular formula is C16H21ClN2O3S. The lowest BCUT2D eigenvalue weighted by Gasteiger charge is -2.21. The van der Waals surface area contributed by atoms with E-state index in [1.165, 1.54) is 5.56 Å². The number of carbonyl (C=O) groups is 1. The van der Waals surface area contributed by atoms with Crippen LogP contribution in [0.4, 0.5) is 0 Å². The number of amides is 1. The second-order valence-electron chi connectivity index (χ2n) is 6.48. The van der Waals surface area contributed by atoms with Gasteiger partial charge in [0.1, 0.15) is 5.25 Å². The van der Waals surface area contributed by atoms with Crippen LogP contribution in [0.25, 0.3) is 0 Å². The van der Waals surface area contributed by atoms with E-state index in [-0.39, 0.29) is 18.9 Å². The highest BCUT2D eigenvalue weighted by atomic mass is 35.7. The van der Waals surface area contributed by atoms with Gasteiger partial charge in [-0.15, -0.1) is 0 Å². The molecule has 1 aromatic rings. The van der Waals surface area contributed by atoms with E-state index in [0.29, 0.717) is 12.5 Å². The number of carbonyl (C=O) groups excluding carboxylic acids is 1. The van der Waals surface area contributed by atoms with Crippen LogP contribution in [-0.2, 0) is 20.4 Å². The monoisotopic (exact) mass is 356 g/mol. The zero-order valence-electron chi connectivity index (χ0n) is 12.9. The van der Waals surface area contributed by atoms with Gasteiger partial charge in [0, 0.05) is 43.3 Å². The SMILES string of the molecule is O=C1CC(S(=O)(=O)Cl)CN1CC1CCN(Cc2ccccc2)C1. The summed E-state index contributed by atoms with van der Waals surface area (Å²) >= 11 is 0. The molecule has 7 heteroatoms. The minimum Gasteiger partial charge on any atom is -0.341 e. The van der Waals surface area contributed by atoms with Gasteiger partial charge in [0.05, 0.1) is 0 Å². The van der Waals surface area contributed by atoms with Gasteiger partial charge in [-0.2, -0.15) is 0 Å². The minimum atomic E-state index is -3.65. The van der Waals surface area contributed by atoms with Crippen LogP contribution in [0.1, 0.15) is 18.4 Å². The third-order valence-electron chi connectivity index (χ3n) is 4.67. The Hall–Kier alpha value is -1.11. The zero-order chi connectivity index (χ0) is 16.4. The number of rotatable bonds is 5. The molecule has 2 fully saturated rings. The zero-order valence-corrected chi connectivity index (χ0v) is 14.5. The molecule has 23 heavy (non-hydrogen) atoms. The Morgan fingerprint density at radius 3 is 2.57 bits per heavy atom. The molecule has 0 aliphatic carbocycles. The molecule has 0 radical (unpaired) electrons. The van der Waals surface area contributed by atoms with Crippen LogP contribution in [-0.4, -0.2) is 55.6 Å². The molecule has 2 atom stereocenters. The van der Waals surface area contributed by atoms with E-state index in [1.54, 1.807) is 4.90 Å². The summed E-state index contributed by atoms with van der Waals surface area (Å²) in [6, 6.07) is 10.3. The first-order chi connectivity index (χ1) is 10.9. The van der Waals surface area contributed by atoms with Crippen LogP contribution in [0.3, 0.4) is 0 Å². The molecule has 1 amide bonds. The molecular weight excluding hydrogens is 336 g/mol. The Kier molecular flexibility index (Phi) is 4.94. The van der Waals surface area contributed by atoms with Gasteiger partial charge < -0.3 is 4.90 Å². The summed E-state index contributed by atoms with van der Waals surface area (Å²) in [5.74, 6) is 0.306. The number of nitrogens with zero attached hydrogens (tertiary/aromatic N) is 2. The predicted octanol–water partition coefficient (Wildman–Crippen LogP) is 1.68. The molecule has 0 aromatic heterocycles. The second-order valence-corrected chi connectivity index (χ2v) is 9.38. The number of hydrogen-bond acceptors (Lipinski definition) is 4. The summed E-state index contributed by atoms with van der Waals surface area (Å²) in [7, 11) is 1.73. The lowest BCUT2D eigenvalue weighted by Crippen LogP contribution is -2.33.